The molecule has 1 aliphatic heterocycles. The molecule has 0 saturated carbocycles. The molecular formula is C19H22N2O3. The third kappa shape index (κ3) is 3.25. The summed E-state index contributed by atoms with van der Waals surface area (Å²) in [6, 6.07) is 7.67. The maximum absolute atomic E-state index is 12.3. The third-order valence-electron chi connectivity index (χ3n) is 4.81. The monoisotopic (exact) mass is 326 g/mol. The molecule has 5 heteroatoms. The minimum absolute atomic E-state index is 0.125. The van der Waals surface area contributed by atoms with Crippen LogP contribution in [0.2, 0.25) is 0 Å². The summed E-state index contributed by atoms with van der Waals surface area (Å²) in [5, 5.41) is 2.81. The lowest BCUT2D eigenvalue weighted by Crippen LogP contribution is -2.34. The number of hydrogen-bond acceptors (Lipinski definition) is 3. The van der Waals surface area contributed by atoms with E-state index in [0.717, 1.165) is 12.1 Å². The highest BCUT2D eigenvalue weighted by Crippen LogP contribution is 2.34. The Kier molecular flexibility index (Phi) is 4.79. The van der Waals surface area contributed by atoms with Crippen LogP contribution in [0.5, 0.6) is 0 Å². The molecule has 1 aromatic carbocycles. The number of carbonyl (C=O) groups excluding carboxylic acids is 3. The third-order valence-corrected chi connectivity index (χ3v) is 4.81. The van der Waals surface area contributed by atoms with E-state index < -0.39 is 0 Å². The first-order valence-electron chi connectivity index (χ1n) is 8.49. The molecule has 0 bridgehead atoms. The molecule has 3 amide bonds. The first-order valence-corrected chi connectivity index (χ1v) is 8.49. The van der Waals surface area contributed by atoms with Gasteiger partial charge in [0.25, 0.3) is 0 Å². The van der Waals surface area contributed by atoms with Crippen LogP contribution >= 0.6 is 0 Å². The molecule has 0 radical (unpaired) electrons. The number of aryl methyl sites for hydroxylation is 1. The predicted molar refractivity (Wildman–Crippen MR) is 91.1 cm³/mol. The SMILES string of the molecule is CCc1ccc(NC(=O)CCN2C(=O)[C@H]3CC=CC[C@@H]3C2=O)cc1. The lowest BCUT2D eigenvalue weighted by atomic mass is 9.85. The van der Waals surface area contributed by atoms with E-state index >= 15 is 0 Å². The Morgan fingerprint density at radius 3 is 2.21 bits per heavy atom. The van der Waals surface area contributed by atoms with Gasteiger partial charge in [0.2, 0.25) is 17.7 Å². The summed E-state index contributed by atoms with van der Waals surface area (Å²) in [6.45, 7) is 2.23. The van der Waals surface area contributed by atoms with Crippen molar-refractivity contribution in [2.24, 2.45) is 11.8 Å². The average Bonchev–Trinajstić information content (AvgIpc) is 2.85. The van der Waals surface area contributed by atoms with Crippen LogP contribution < -0.4 is 5.32 Å². The maximum atomic E-state index is 12.3. The molecule has 0 aromatic heterocycles. The maximum Gasteiger partial charge on any atom is 0.233 e. The second-order valence-corrected chi connectivity index (χ2v) is 6.33. The second kappa shape index (κ2) is 6.99. The summed E-state index contributed by atoms with van der Waals surface area (Å²) in [4.78, 5) is 38.0. The van der Waals surface area contributed by atoms with Gasteiger partial charge < -0.3 is 5.32 Å². The van der Waals surface area contributed by atoms with Gasteiger partial charge in [-0.1, -0.05) is 31.2 Å². The number of amides is 3. The van der Waals surface area contributed by atoms with Crippen molar-refractivity contribution >= 4 is 23.4 Å². The Morgan fingerprint density at radius 1 is 1.08 bits per heavy atom. The molecule has 1 fully saturated rings. The van der Waals surface area contributed by atoms with Crippen molar-refractivity contribution in [1.82, 2.24) is 4.90 Å². The van der Waals surface area contributed by atoms with Crippen LogP contribution in [0.15, 0.2) is 36.4 Å². The number of carbonyl (C=O) groups is 3. The molecule has 1 aromatic rings. The van der Waals surface area contributed by atoms with E-state index in [2.05, 4.69) is 12.2 Å². The number of fused-ring (bicyclic) bond motifs is 1. The van der Waals surface area contributed by atoms with Crippen LogP contribution in [-0.4, -0.2) is 29.2 Å². The van der Waals surface area contributed by atoms with E-state index in [1.165, 1.54) is 10.5 Å². The number of allylic oxidation sites excluding steroid dienone is 2. The number of nitrogens with one attached hydrogen (secondary N) is 1. The van der Waals surface area contributed by atoms with Crippen LogP contribution in [0.25, 0.3) is 0 Å². The number of rotatable bonds is 5. The van der Waals surface area contributed by atoms with Crippen molar-refractivity contribution in [2.45, 2.75) is 32.6 Å². The van der Waals surface area contributed by atoms with E-state index in [1.807, 2.05) is 36.4 Å². The van der Waals surface area contributed by atoms with Gasteiger partial charge in [0.15, 0.2) is 0 Å². The lowest BCUT2D eigenvalue weighted by Gasteiger charge is -2.14. The molecule has 1 heterocycles. The minimum Gasteiger partial charge on any atom is -0.326 e. The smallest absolute Gasteiger partial charge is 0.233 e. The van der Waals surface area contributed by atoms with Crippen molar-refractivity contribution in [3.8, 4) is 0 Å². The summed E-state index contributed by atoms with van der Waals surface area (Å²) in [5.41, 5.74) is 1.94. The standard InChI is InChI=1S/C19H22N2O3/c1-2-13-7-9-14(10-8-13)20-17(22)11-12-21-18(23)15-5-3-4-6-16(15)19(21)24/h3-4,7-10,15-16H,2,5-6,11-12H2,1H3,(H,20,22)/t15-,16-/m0/s1. The molecule has 2 atom stereocenters. The molecule has 0 unspecified atom stereocenters. The van der Waals surface area contributed by atoms with Crippen molar-refractivity contribution in [3.63, 3.8) is 0 Å². The first kappa shape index (κ1) is 16.4. The highest BCUT2D eigenvalue weighted by Gasteiger charge is 2.46. The van der Waals surface area contributed by atoms with E-state index in [-0.39, 0.29) is 42.5 Å². The van der Waals surface area contributed by atoms with Crippen molar-refractivity contribution in [3.05, 3.63) is 42.0 Å². The Hall–Kier alpha value is -2.43. The molecule has 5 nitrogen and oxygen atoms in total. The minimum atomic E-state index is -0.229. The fraction of sp³-hybridized carbons (Fsp3) is 0.421. The molecule has 126 valence electrons. The molecule has 3 rings (SSSR count). The topological polar surface area (TPSA) is 66.5 Å². The Morgan fingerprint density at radius 2 is 1.67 bits per heavy atom. The van der Waals surface area contributed by atoms with Crippen molar-refractivity contribution < 1.29 is 14.4 Å². The van der Waals surface area contributed by atoms with Gasteiger partial charge in [0.05, 0.1) is 11.8 Å². The normalized spacial score (nSPS) is 22.6. The van der Waals surface area contributed by atoms with E-state index in [1.54, 1.807) is 0 Å². The highest BCUT2D eigenvalue weighted by atomic mass is 16.2. The Bertz CT molecular complexity index is 652. The molecular weight excluding hydrogens is 304 g/mol. The second-order valence-electron chi connectivity index (χ2n) is 6.33. The van der Waals surface area contributed by atoms with Gasteiger partial charge in [-0.2, -0.15) is 0 Å². The molecule has 0 spiro atoms. The van der Waals surface area contributed by atoms with Crippen LogP contribution in [0, 0.1) is 11.8 Å². The molecule has 1 saturated heterocycles. The molecule has 1 aliphatic carbocycles. The largest absolute Gasteiger partial charge is 0.326 e. The van der Waals surface area contributed by atoms with Gasteiger partial charge in [-0.15, -0.1) is 0 Å². The Labute approximate surface area is 141 Å². The van der Waals surface area contributed by atoms with Crippen LogP contribution in [0.4, 0.5) is 5.69 Å². The van der Waals surface area contributed by atoms with Crippen LogP contribution in [-0.2, 0) is 20.8 Å². The number of anilines is 1. The fourth-order valence-corrected chi connectivity index (χ4v) is 3.35. The van der Waals surface area contributed by atoms with E-state index in [4.69, 9.17) is 0 Å². The lowest BCUT2D eigenvalue weighted by molar-refractivity contribution is -0.140. The van der Waals surface area contributed by atoms with Gasteiger partial charge in [0, 0.05) is 18.7 Å². The number of likely N-dealkylation sites (tertiary alicyclic amines) is 1. The van der Waals surface area contributed by atoms with Gasteiger partial charge in [0.1, 0.15) is 0 Å². The summed E-state index contributed by atoms with van der Waals surface area (Å²) < 4.78 is 0. The zero-order valence-electron chi connectivity index (χ0n) is 13.8. The molecule has 1 N–H and O–H groups in total. The quantitative estimate of drug-likeness (QED) is 0.668. The highest BCUT2D eigenvalue weighted by molar-refractivity contribution is 6.05. The van der Waals surface area contributed by atoms with Crippen LogP contribution in [0.3, 0.4) is 0 Å². The van der Waals surface area contributed by atoms with Crippen LogP contribution in [0.1, 0.15) is 31.7 Å². The fourth-order valence-electron chi connectivity index (χ4n) is 3.35. The number of benzene rings is 1. The van der Waals surface area contributed by atoms with Gasteiger partial charge in [-0.3, -0.25) is 19.3 Å². The zero-order chi connectivity index (χ0) is 17.1. The predicted octanol–water partition coefficient (Wildman–Crippen LogP) is 2.53. The average molecular weight is 326 g/mol. The number of nitrogens with zero attached hydrogens (tertiary/aromatic N) is 1. The summed E-state index contributed by atoms with van der Waals surface area (Å²) in [6.07, 6.45) is 6.25. The van der Waals surface area contributed by atoms with Gasteiger partial charge >= 0.3 is 0 Å². The zero-order valence-corrected chi connectivity index (χ0v) is 13.8. The van der Waals surface area contributed by atoms with E-state index in [0.29, 0.717) is 12.8 Å². The van der Waals surface area contributed by atoms with Crippen molar-refractivity contribution in [2.75, 3.05) is 11.9 Å². The summed E-state index contributed by atoms with van der Waals surface area (Å²) in [5.74, 6) is -0.906. The van der Waals surface area contributed by atoms with E-state index in [9.17, 15) is 14.4 Å². The molecule has 24 heavy (non-hydrogen) atoms. The first-order chi connectivity index (χ1) is 11.6. The van der Waals surface area contributed by atoms with Gasteiger partial charge in [-0.25, -0.2) is 0 Å². The van der Waals surface area contributed by atoms with Gasteiger partial charge in [-0.05, 0) is 37.0 Å². The molecule has 2 aliphatic rings. The Balaban J connectivity index is 1.54. The summed E-state index contributed by atoms with van der Waals surface area (Å²) in [7, 11) is 0. The number of imide groups is 1. The number of hydrogen-bond donors (Lipinski definition) is 1. The van der Waals surface area contributed by atoms with Crippen molar-refractivity contribution in [1.29, 1.82) is 0 Å². The summed E-state index contributed by atoms with van der Waals surface area (Å²) >= 11 is 0.